The van der Waals surface area contributed by atoms with Gasteiger partial charge in [0.2, 0.25) is 0 Å². The molecule has 3 heterocycles. The summed E-state index contributed by atoms with van der Waals surface area (Å²) in [5.41, 5.74) is 3.51. The van der Waals surface area contributed by atoms with Gasteiger partial charge in [0.25, 0.3) is 5.91 Å². The molecule has 0 saturated carbocycles. The first-order valence-corrected chi connectivity index (χ1v) is 11.1. The summed E-state index contributed by atoms with van der Waals surface area (Å²) in [6, 6.07) is 13.3. The van der Waals surface area contributed by atoms with Gasteiger partial charge in [0.15, 0.2) is 11.5 Å². The number of hydrogen-bond acceptors (Lipinski definition) is 4. The fourth-order valence-corrected chi connectivity index (χ4v) is 5.01. The van der Waals surface area contributed by atoms with E-state index in [1.807, 2.05) is 47.4 Å². The van der Waals surface area contributed by atoms with Crippen LogP contribution < -0.4 is 0 Å². The average molecular weight is 424 g/mol. The first-order valence-electron chi connectivity index (χ1n) is 10.7. The molecule has 30 heavy (non-hydrogen) atoms. The van der Waals surface area contributed by atoms with Crippen molar-refractivity contribution in [3.8, 4) is 0 Å². The lowest BCUT2D eigenvalue weighted by Gasteiger charge is -2.24. The largest absolute Gasteiger partial charge is 0.440 e. The van der Waals surface area contributed by atoms with Crippen LogP contribution in [0, 0.1) is 5.41 Å². The number of aromatic nitrogens is 1. The monoisotopic (exact) mass is 423 g/mol. The van der Waals surface area contributed by atoms with Gasteiger partial charge in [-0.05, 0) is 61.8 Å². The van der Waals surface area contributed by atoms with Gasteiger partial charge in [-0.15, -0.1) is 0 Å². The average Bonchev–Trinajstić information content (AvgIpc) is 3.47. The Kier molecular flexibility index (Phi) is 5.03. The Bertz CT molecular complexity index is 1080. The Hall–Kier alpha value is -2.37. The maximum absolute atomic E-state index is 13.2. The fraction of sp³-hybridized carbons (Fsp3) is 0.417. The molecular formula is C24H26ClN3O2. The molecule has 0 bridgehead atoms. The summed E-state index contributed by atoms with van der Waals surface area (Å²) >= 11 is 5.96. The third kappa shape index (κ3) is 3.72. The van der Waals surface area contributed by atoms with Crippen LogP contribution in [0.2, 0.25) is 5.02 Å². The molecule has 5 nitrogen and oxygen atoms in total. The summed E-state index contributed by atoms with van der Waals surface area (Å²) in [6.07, 6.45) is 2.89. The minimum Gasteiger partial charge on any atom is -0.440 e. The molecule has 0 aliphatic carbocycles. The number of nitrogens with zero attached hydrogens (tertiary/aromatic N) is 3. The van der Waals surface area contributed by atoms with Crippen molar-refractivity contribution in [2.24, 2.45) is 5.41 Å². The molecule has 1 atom stereocenters. The van der Waals surface area contributed by atoms with E-state index in [2.05, 4.69) is 16.8 Å². The molecular weight excluding hydrogens is 398 g/mol. The predicted molar refractivity (Wildman–Crippen MR) is 118 cm³/mol. The van der Waals surface area contributed by atoms with Crippen molar-refractivity contribution < 1.29 is 9.21 Å². The smallest absolute Gasteiger partial charge is 0.253 e. The van der Waals surface area contributed by atoms with E-state index >= 15 is 0 Å². The zero-order valence-electron chi connectivity index (χ0n) is 17.2. The molecule has 1 spiro atoms. The van der Waals surface area contributed by atoms with Crippen LogP contribution in [-0.2, 0) is 6.42 Å². The van der Waals surface area contributed by atoms with E-state index in [4.69, 9.17) is 16.0 Å². The second-order valence-electron chi connectivity index (χ2n) is 8.69. The number of halogens is 1. The molecule has 0 radical (unpaired) electrons. The normalized spacial score (nSPS) is 21.9. The van der Waals surface area contributed by atoms with Crippen molar-refractivity contribution in [1.29, 1.82) is 0 Å². The molecule has 1 amide bonds. The zero-order valence-corrected chi connectivity index (χ0v) is 18.0. The molecule has 156 valence electrons. The van der Waals surface area contributed by atoms with Gasteiger partial charge in [0, 0.05) is 42.1 Å². The lowest BCUT2D eigenvalue weighted by molar-refractivity contribution is 0.0773. The molecule has 2 fully saturated rings. The number of amides is 1. The van der Waals surface area contributed by atoms with Gasteiger partial charge in [0.05, 0.1) is 0 Å². The molecule has 2 aliphatic rings. The number of benzene rings is 2. The van der Waals surface area contributed by atoms with Crippen LogP contribution in [0.4, 0.5) is 0 Å². The Balaban J connectivity index is 1.31. The molecule has 0 N–H and O–H groups in total. The van der Waals surface area contributed by atoms with E-state index < -0.39 is 0 Å². The Morgan fingerprint density at radius 2 is 1.93 bits per heavy atom. The van der Waals surface area contributed by atoms with Crippen LogP contribution in [0.5, 0.6) is 0 Å². The molecule has 6 heteroatoms. The Morgan fingerprint density at radius 3 is 2.70 bits per heavy atom. The maximum Gasteiger partial charge on any atom is 0.253 e. The zero-order chi connectivity index (χ0) is 20.7. The molecule has 2 saturated heterocycles. The lowest BCUT2D eigenvalue weighted by Crippen LogP contribution is -2.34. The highest BCUT2D eigenvalue weighted by Gasteiger charge is 2.44. The molecule has 2 aromatic carbocycles. The van der Waals surface area contributed by atoms with E-state index in [1.165, 1.54) is 6.42 Å². The number of carbonyl (C=O) groups is 1. The summed E-state index contributed by atoms with van der Waals surface area (Å²) < 4.78 is 5.89. The highest BCUT2D eigenvalue weighted by Crippen LogP contribution is 2.39. The van der Waals surface area contributed by atoms with E-state index in [0.29, 0.717) is 28.5 Å². The van der Waals surface area contributed by atoms with Crippen molar-refractivity contribution in [3.05, 3.63) is 64.5 Å². The van der Waals surface area contributed by atoms with Crippen LogP contribution in [0.3, 0.4) is 0 Å². The van der Waals surface area contributed by atoms with Gasteiger partial charge in [-0.2, -0.15) is 0 Å². The highest BCUT2D eigenvalue weighted by atomic mass is 35.5. The first-order chi connectivity index (χ1) is 14.5. The minimum atomic E-state index is 0.103. The summed E-state index contributed by atoms with van der Waals surface area (Å²) in [7, 11) is 0. The van der Waals surface area contributed by atoms with E-state index in [9.17, 15) is 4.79 Å². The third-order valence-electron chi connectivity index (χ3n) is 6.64. The van der Waals surface area contributed by atoms with E-state index in [1.54, 1.807) is 0 Å². The molecule has 2 aliphatic heterocycles. The first kappa shape index (κ1) is 19.6. The fourth-order valence-electron chi connectivity index (χ4n) is 4.88. The summed E-state index contributed by atoms with van der Waals surface area (Å²) in [4.78, 5) is 22.3. The highest BCUT2D eigenvalue weighted by molar-refractivity contribution is 6.30. The summed E-state index contributed by atoms with van der Waals surface area (Å²) in [5, 5.41) is 0.711. The minimum absolute atomic E-state index is 0.103. The number of fused-ring (bicyclic) bond motifs is 1. The maximum atomic E-state index is 13.2. The molecule has 5 rings (SSSR count). The standard InChI is InChI=1S/C24H26ClN3O2/c1-2-27-11-9-24(15-27)10-12-28(16-24)23(29)18-5-8-21-20(14-18)26-22(30-21)13-17-3-6-19(25)7-4-17/h3-8,14H,2,9-13,15-16H2,1H3/t24-/m1/s1. The van der Waals surface area contributed by atoms with E-state index in [-0.39, 0.29) is 11.3 Å². The van der Waals surface area contributed by atoms with Crippen LogP contribution in [0.25, 0.3) is 11.1 Å². The topological polar surface area (TPSA) is 49.6 Å². The van der Waals surface area contributed by atoms with Gasteiger partial charge >= 0.3 is 0 Å². The number of carbonyl (C=O) groups excluding carboxylic acids is 1. The van der Waals surface area contributed by atoms with Crippen LogP contribution in [-0.4, -0.2) is 53.4 Å². The quantitative estimate of drug-likeness (QED) is 0.613. The molecule has 0 unspecified atom stereocenters. The Morgan fingerprint density at radius 1 is 1.13 bits per heavy atom. The van der Waals surface area contributed by atoms with Crippen molar-refractivity contribution in [2.45, 2.75) is 26.2 Å². The van der Waals surface area contributed by atoms with Gasteiger partial charge in [-0.25, -0.2) is 4.98 Å². The number of oxazole rings is 1. The van der Waals surface area contributed by atoms with Crippen molar-refractivity contribution in [3.63, 3.8) is 0 Å². The van der Waals surface area contributed by atoms with Crippen molar-refractivity contribution in [1.82, 2.24) is 14.8 Å². The predicted octanol–water partition coefficient (Wildman–Crippen LogP) is 4.63. The number of rotatable bonds is 4. The van der Waals surface area contributed by atoms with Crippen LogP contribution >= 0.6 is 11.6 Å². The second kappa shape index (κ2) is 7.71. The Labute approximate surface area is 181 Å². The number of hydrogen-bond donors (Lipinski definition) is 0. The summed E-state index contributed by atoms with van der Waals surface area (Å²) in [6.45, 7) is 7.28. The summed E-state index contributed by atoms with van der Waals surface area (Å²) in [5.74, 6) is 0.744. The van der Waals surface area contributed by atoms with Crippen molar-refractivity contribution in [2.75, 3.05) is 32.7 Å². The van der Waals surface area contributed by atoms with Gasteiger partial charge in [-0.1, -0.05) is 30.7 Å². The second-order valence-corrected chi connectivity index (χ2v) is 9.13. The number of likely N-dealkylation sites (tertiary alicyclic amines) is 2. The molecule has 3 aromatic rings. The SMILES string of the molecule is CCN1CC[C@@]2(CCN(C(=O)c3ccc4oc(Cc5ccc(Cl)cc5)nc4c3)C2)C1. The van der Waals surface area contributed by atoms with Gasteiger partial charge < -0.3 is 14.2 Å². The molecule has 1 aromatic heterocycles. The van der Waals surface area contributed by atoms with Crippen molar-refractivity contribution >= 4 is 28.6 Å². The van der Waals surface area contributed by atoms with E-state index in [0.717, 1.165) is 50.2 Å². The van der Waals surface area contributed by atoms with Gasteiger partial charge in [0.1, 0.15) is 5.52 Å². The third-order valence-corrected chi connectivity index (χ3v) is 6.89. The lowest BCUT2D eigenvalue weighted by atomic mass is 9.86. The van der Waals surface area contributed by atoms with Crippen LogP contribution in [0.15, 0.2) is 46.9 Å². The van der Waals surface area contributed by atoms with Crippen LogP contribution in [0.1, 0.15) is 41.6 Å². The van der Waals surface area contributed by atoms with Gasteiger partial charge in [-0.3, -0.25) is 4.79 Å².